The van der Waals surface area contributed by atoms with Gasteiger partial charge in [-0.25, -0.2) is 8.42 Å². The molecule has 0 spiro atoms. The van der Waals surface area contributed by atoms with Crippen LogP contribution in [0.1, 0.15) is 36.1 Å². The number of nitrogens with one attached hydrogen (secondary N) is 1. The van der Waals surface area contributed by atoms with Gasteiger partial charge >= 0.3 is 0 Å². The molecule has 9 heteroatoms. The van der Waals surface area contributed by atoms with Crippen LogP contribution in [0, 0.1) is 19.8 Å². The van der Waals surface area contributed by atoms with E-state index in [0.717, 1.165) is 32.8 Å². The minimum Gasteiger partial charge on any atom is -0.354 e. The highest BCUT2D eigenvalue weighted by Crippen LogP contribution is 2.23. The van der Waals surface area contributed by atoms with Crippen molar-refractivity contribution in [2.24, 2.45) is 5.92 Å². The topological polar surface area (TPSA) is 86.8 Å². The average Bonchev–Trinajstić information content (AvgIpc) is 2.89. The number of benzene rings is 3. The first-order valence-electron chi connectivity index (χ1n) is 13.3. The van der Waals surface area contributed by atoms with E-state index in [2.05, 4.69) is 5.32 Å². The van der Waals surface area contributed by atoms with Gasteiger partial charge in [0, 0.05) is 24.5 Å². The Morgan fingerprint density at radius 1 is 0.900 bits per heavy atom. The summed E-state index contributed by atoms with van der Waals surface area (Å²) >= 11 is 6.25. The van der Waals surface area contributed by atoms with Gasteiger partial charge in [-0.05, 0) is 66.3 Å². The molecule has 7 nitrogen and oxygen atoms in total. The van der Waals surface area contributed by atoms with Crippen LogP contribution in [0.2, 0.25) is 5.02 Å². The van der Waals surface area contributed by atoms with Gasteiger partial charge in [0.25, 0.3) is 0 Å². The smallest absolute Gasteiger partial charge is 0.244 e. The third-order valence-electron chi connectivity index (χ3n) is 6.66. The summed E-state index contributed by atoms with van der Waals surface area (Å²) in [7, 11) is -3.82. The van der Waals surface area contributed by atoms with Crippen molar-refractivity contribution in [3.05, 3.63) is 100 Å². The summed E-state index contributed by atoms with van der Waals surface area (Å²) in [6, 6.07) is 20.9. The molecule has 1 N–H and O–H groups in total. The van der Waals surface area contributed by atoms with E-state index in [1.54, 1.807) is 30.3 Å². The second-order valence-electron chi connectivity index (χ2n) is 10.5. The summed E-state index contributed by atoms with van der Waals surface area (Å²) in [5.41, 5.74) is 3.92. The largest absolute Gasteiger partial charge is 0.354 e. The number of anilines is 1. The van der Waals surface area contributed by atoms with Gasteiger partial charge in [-0.1, -0.05) is 74.0 Å². The number of carbonyl (C=O) groups is 2. The first-order chi connectivity index (χ1) is 18.8. The van der Waals surface area contributed by atoms with Gasteiger partial charge in [0.05, 0.1) is 11.9 Å². The number of hydrogen-bond donors (Lipinski definition) is 1. The fourth-order valence-electron chi connectivity index (χ4n) is 4.30. The van der Waals surface area contributed by atoms with E-state index in [-0.39, 0.29) is 24.8 Å². The Hall–Kier alpha value is -3.36. The average molecular weight is 584 g/mol. The molecule has 3 rings (SSSR count). The monoisotopic (exact) mass is 583 g/mol. The van der Waals surface area contributed by atoms with Crippen LogP contribution in [0.25, 0.3) is 0 Å². The Kier molecular flexibility index (Phi) is 10.8. The first-order valence-corrected chi connectivity index (χ1v) is 15.5. The van der Waals surface area contributed by atoms with Gasteiger partial charge in [-0.15, -0.1) is 0 Å². The predicted molar refractivity (Wildman–Crippen MR) is 162 cm³/mol. The standard InChI is InChI=1S/C31H38ClN3O4S/c1-22(2)19-33-31(37)29(18-25-10-7-6-8-11-25)34(20-26-12-9-13-27(32)17-26)30(36)21-35(40(5,38)39)28-15-14-23(3)24(4)16-28/h6-17,22,29H,18-21H2,1-5H3,(H,33,37). The molecule has 0 aliphatic heterocycles. The maximum absolute atomic E-state index is 14.1. The molecular weight excluding hydrogens is 546 g/mol. The van der Waals surface area contributed by atoms with Crippen LogP contribution in [0.3, 0.4) is 0 Å². The highest BCUT2D eigenvalue weighted by Gasteiger charge is 2.33. The van der Waals surface area contributed by atoms with Crippen molar-refractivity contribution >= 4 is 39.1 Å². The molecule has 0 aliphatic carbocycles. The molecule has 0 aliphatic rings. The number of nitrogens with zero attached hydrogens (tertiary/aromatic N) is 2. The molecule has 0 fully saturated rings. The summed E-state index contributed by atoms with van der Waals surface area (Å²) in [6.07, 6.45) is 1.34. The van der Waals surface area contributed by atoms with Crippen LogP contribution in [0.4, 0.5) is 5.69 Å². The maximum atomic E-state index is 14.1. The molecule has 1 atom stereocenters. The molecule has 214 valence electrons. The second-order valence-corrected chi connectivity index (χ2v) is 12.9. The van der Waals surface area contributed by atoms with Gasteiger partial charge in [0.15, 0.2) is 0 Å². The van der Waals surface area contributed by atoms with Crippen molar-refractivity contribution in [1.82, 2.24) is 10.2 Å². The minimum absolute atomic E-state index is 0.0799. The molecule has 1 unspecified atom stereocenters. The number of sulfonamides is 1. The van der Waals surface area contributed by atoms with Crippen LogP contribution in [-0.4, -0.2) is 50.5 Å². The van der Waals surface area contributed by atoms with Crippen LogP contribution in [0.5, 0.6) is 0 Å². The van der Waals surface area contributed by atoms with E-state index in [4.69, 9.17) is 11.6 Å². The Labute approximate surface area is 243 Å². The molecular formula is C31H38ClN3O4S. The van der Waals surface area contributed by atoms with E-state index >= 15 is 0 Å². The molecule has 3 aromatic rings. The van der Waals surface area contributed by atoms with Crippen LogP contribution in [0.15, 0.2) is 72.8 Å². The minimum atomic E-state index is -3.82. The normalized spacial score (nSPS) is 12.2. The van der Waals surface area contributed by atoms with Gasteiger partial charge in [0.2, 0.25) is 21.8 Å². The zero-order valence-electron chi connectivity index (χ0n) is 23.7. The van der Waals surface area contributed by atoms with Crippen molar-refractivity contribution in [2.45, 2.75) is 46.7 Å². The number of carbonyl (C=O) groups excluding carboxylic acids is 2. The molecule has 0 aromatic heterocycles. The van der Waals surface area contributed by atoms with Crippen molar-refractivity contribution in [1.29, 1.82) is 0 Å². The molecule has 2 amide bonds. The molecule has 3 aromatic carbocycles. The summed E-state index contributed by atoms with van der Waals surface area (Å²) in [5.74, 6) is -0.585. The number of hydrogen-bond acceptors (Lipinski definition) is 4. The summed E-state index contributed by atoms with van der Waals surface area (Å²) in [4.78, 5) is 29.2. The lowest BCUT2D eigenvalue weighted by Gasteiger charge is -2.33. The van der Waals surface area contributed by atoms with E-state index in [0.29, 0.717) is 17.3 Å². The van der Waals surface area contributed by atoms with Gasteiger partial charge in [-0.2, -0.15) is 0 Å². The van der Waals surface area contributed by atoms with Crippen LogP contribution in [-0.2, 0) is 32.6 Å². The van der Waals surface area contributed by atoms with Crippen molar-refractivity contribution in [3.8, 4) is 0 Å². The lowest BCUT2D eigenvalue weighted by atomic mass is 10.0. The van der Waals surface area contributed by atoms with E-state index in [1.807, 2.05) is 70.2 Å². The molecule has 40 heavy (non-hydrogen) atoms. The van der Waals surface area contributed by atoms with Gasteiger partial charge in [-0.3, -0.25) is 13.9 Å². The number of rotatable bonds is 12. The van der Waals surface area contributed by atoms with Crippen LogP contribution >= 0.6 is 11.6 Å². The highest BCUT2D eigenvalue weighted by atomic mass is 35.5. The fourth-order valence-corrected chi connectivity index (χ4v) is 5.36. The van der Waals surface area contributed by atoms with E-state index in [1.165, 1.54) is 4.90 Å². The summed E-state index contributed by atoms with van der Waals surface area (Å²) < 4.78 is 26.9. The molecule has 0 saturated heterocycles. The van der Waals surface area contributed by atoms with Crippen molar-refractivity contribution in [3.63, 3.8) is 0 Å². The van der Waals surface area contributed by atoms with Crippen LogP contribution < -0.4 is 9.62 Å². The Morgan fingerprint density at radius 2 is 1.57 bits per heavy atom. The third-order valence-corrected chi connectivity index (χ3v) is 8.03. The predicted octanol–water partition coefficient (Wildman–Crippen LogP) is 5.14. The lowest BCUT2D eigenvalue weighted by molar-refractivity contribution is -0.140. The molecule has 0 bridgehead atoms. The SMILES string of the molecule is Cc1ccc(N(CC(=O)N(Cc2cccc(Cl)c2)C(Cc2ccccc2)C(=O)NCC(C)C)S(C)(=O)=O)cc1C. The highest BCUT2D eigenvalue weighted by molar-refractivity contribution is 7.92. The Bertz CT molecular complexity index is 1430. The zero-order valence-corrected chi connectivity index (χ0v) is 25.3. The van der Waals surface area contributed by atoms with Gasteiger partial charge in [0.1, 0.15) is 12.6 Å². The van der Waals surface area contributed by atoms with E-state index < -0.39 is 28.5 Å². The quantitative estimate of drug-likeness (QED) is 0.320. The third kappa shape index (κ3) is 8.83. The zero-order chi connectivity index (χ0) is 29.4. The fraction of sp³-hybridized carbons (Fsp3) is 0.355. The van der Waals surface area contributed by atoms with E-state index in [9.17, 15) is 18.0 Å². The first kappa shape index (κ1) is 31.2. The Balaban J connectivity index is 2.06. The number of halogens is 1. The second kappa shape index (κ2) is 13.8. The van der Waals surface area contributed by atoms with Gasteiger partial charge < -0.3 is 10.2 Å². The molecule has 0 saturated carbocycles. The molecule has 0 radical (unpaired) electrons. The Morgan fingerprint density at radius 3 is 2.17 bits per heavy atom. The van der Waals surface area contributed by atoms with Crippen molar-refractivity contribution < 1.29 is 18.0 Å². The number of aryl methyl sites for hydroxylation is 2. The maximum Gasteiger partial charge on any atom is 0.244 e. The van der Waals surface area contributed by atoms with Crippen molar-refractivity contribution in [2.75, 3.05) is 23.7 Å². The molecule has 0 heterocycles. The lowest BCUT2D eigenvalue weighted by Crippen LogP contribution is -2.53. The number of amides is 2. The summed E-state index contributed by atoms with van der Waals surface area (Å²) in [6.45, 7) is 7.89. The summed E-state index contributed by atoms with van der Waals surface area (Å²) in [5, 5.41) is 3.47.